The van der Waals surface area contributed by atoms with Crippen LogP contribution in [-0.4, -0.2) is 30.1 Å². The van der Waals surface area contributed by atoms with Crippen molar-refractivity contribution in [2.75, 3.05) is 13.1 Å². The third-order valence-corrected chi connectivity index (χ3v) is 4.32. The lowest BCUT2D eigenvalue weighted by atomic mass is 9.87. The molecule has 2 unspecified atom stereocenters. The first-order valence-electron chi connectivity index (χ1n) is 7.30. The molecule has 2 rings (SSSR count). The number of carboxylic acid groups (broad SMARTS) is 1. The quantitative estimate of drug-likeness (QED) is 0.768. The second-order valence-electron chi connectivity index (χ2n) is 5.77. The third-order valence-electron chi connectivity index (χ3n) is 4.32. The number of aliphatic carboxylic acids is 1. The molecule has 1 aliphatic heterocycles. The monoisotopic (exact) mass is 290 g/mol. The summed E-state index contributed by atoms with van der Waals surface area (Å²) < 4.78 is 0. The van der Waals surface area contributed by atoms with Gasteiger partial charge in [0.1, 0.15) is 6.04 Å². The second kappa shape index (κ2) is 6.26. The first kappa shape index (κ1) is 15.5. The lowest BCUT2D eigenvalue weighted by Crippen LogP contribution is -2.46. The van der Waals surface area contributed by atoms with Gasteiger partial charge in [0.2, 0.25) is 5.91 Å². The Morgan fingerprint density at radius 2 is 2.14 bits per heavy atom. The Hall–Kier alpha value is -1.88. The van der Waals surface area contributed by atoms with E-state index in [0.29, 0.717) is 6.42 Å². The highest BCUT2D eigenvalue weighted by atomic mass is 16.4. The highest BCUT2D eigenvalue weighted by Gasteiger charge is 2.33. The Morgan fingerprint density at radius 1 is 1.43 bits per heavy atom. The molecule has 2 atom stereocenters. The topological polar surface area (TPSA) is 78.4 Å². The summed E-state index contributed by atoms with van der Waals surface area (Å²) >= 11 is 0. The fourth-order valence-corrected chi connectivity index (χ4v) is 2.47. The lowest BCUT2D eigenvalue weighted by Gasteiger charge is -2.28. The SMILES string of the molecule is CCC(C)(CNC(=O)C1NCCc2ccccc21)C(=O)O. The average Bonchev–Trinajstić information content (AvgIpc) is 2.51. The van der Waals surface area contributed by atoms with Gasteiger partial charge in [-0.05, 0) is 30.9 Å². The maximum absolute atomic E-state index is 12.4. The van der Waals surface area contributed by atoms with Gasteiger partial charge >= 0.3 is 5.97 Å². The number of carbonyl (C=O) groups is 2. The van der Waals surface area contributed by atoms with E-state index in [0.717, 1.165) is 18.5 Å². The maximum atomic E-state index is 12.4. The smallest absolute Gasteiger partial charge is 0.311 e. The van der Waals surface area contributed by atoms with Crippen LogP contribution in [0.3, 0.4) is 0 Å². The van der Waals surface area contributed by atoms with Crippen LogP contribution in [-0.2, 0) is 16.0 Å². The average molecular weight is 290 g/mol. The van der Waals surface area contributed by atoms with E-state index < -0.39 is 17.4 Å². The number of nitrogens with one attached hydrogen (secondary N) is 2. The van der Waals surface area contributed by atoms with Crippen LogP contribution in [0, 0.1) is 5.41 Å². The molecular weight excluding hydrogens is 268 g/mol. The summed E-state index contributed by atoms with van der Waals surface area (Å²) in [7, 11) is 0. The van der Waals surface area contributed by atoms with Crippen LogP contribution in [0.15, 0.2) is 24.3 Å². The Balaban J connectivity index is 2.07. The Labute approximate surface area is 124 Å². The molecule has 0 aromatic heterocycles. The number of fused-ring (bicyclic) bond motifs is 1. The predicted octanol–water partition coefficient (Wildman–Crippen LogP) is 1.49. The standard InChI is InChI=1S/C16H22N2O3/c1-3-16(2,15(20)21)10-18-14(19)13-12-7-5-4-6-11(12)8-9-17-13/h4-7,13,17H,3,8-10H2,1-2H3,(H,18,19)(H,20,21). The van der Waals surface area contributed by atoms with Crippen LogP contribution in [0.2, 0.25) is 0 Å². The molecule has 0 aliphatic carbocycles. The van der Waals surface area contributed by atoms with Crippen molar-refractivity contribution >= 4 is 11.9 Å². The summed E-state index contributed by atoms with van der Waals surface area (Å²) in [4.78, 5) is 23.7. The van der Waals surface area contributed by atoms with E-state index in [4.69, 9.17) is 0 Å². The van der Waals surface area contributed by atoms with E-state index in [1.165, 1.54) is 5.56 Å². The number of carboxylic acids is 1. The molecule has 0 spiro atoms. The summed E-state index contributed by atoms with van der Waals surface area (Å²) in [5.74, 6) is -1.05. The molecule has 114 valence electrons. The van der Waals surface area contributed by atoms with Gasteiger partial charge in [0, 0.05) is 13.1 Å². The van der Waals surface area contributed by atoms with Gasteiger partial charge in [0.05, 0.1) is 5.41 Å². The fourth-order valence-electron chi connectivity index (χ4n) is 2.47. The maximum Gasteiger partial charge on any atom is 0.311 e. The van der Waals surface area contributed by atoms with Crippen LogP contribution in [0.4, 0.5) is 0 Å². The van der Waals surface area contributed by atoms with Gasteiger partial charge in [-0.25, -0.2) is 0 Å². The number of amides is 1. The zero-order valence-electron chi connectivity index (χ0n) is 12.5. The lowest BCUT2D eigenvalue weighted by molar-refractivity contribution is -0.148. The summed E-state index contributed by atoms with van der Waals surface area (Å²) in [6.07, 6.45) is 1.37. The van der Waals surface area contributed by atoms with Crippen LogP contribution in [0.5, 0.6) is 0 Å². The van der Waals surface area contributed by atoms with Gasteiger partial charge in [0.25, 0.3) is 0 Å². The van der Waals surface area contributed by atoms with Crippen LogP contribution in [0.1, 0.15) is 37.4 Å². The van der Waals surface area contributed by atoms with Crippen molar-refractivity contribution in [2.24, 2.45) is 5.41 Å². The number of hydrogen-bond donors (Lipinski definition) is 3. The summed E-state index contributed by atoms with van der Waals surface area (Å²) in [6, 6.07) is 7.47. The number of benzene rings is 1. The Bertz CT molecular complexity index is 544. The first-order chi connectivity index (χ1) is 9.98. The molecule has 21 heavy (non-hydrogen) atoms. The molecule has 1 aliphatic rings. The van der Waals surface area contributed by atoms with E-state index in [-0.39, 0.29) is 12.5 Å². The van der Waals surface area contributed by atoms with Crippen LogP contribution >= 0.6 is 0 Å². The van der Waals surface area contributed by atoms with Gasteiger partial charge < -0.3 is 15.7 Å². The van der Waals surface area contributed by atoms with Crippen LogP contribution in [0.25, 0.3) is 0 Å². The van der Waals surface area contributed by atoms with Crippen molar-refractivity contribution in [3.05, 3.63) is 35.4 Å². The van der Waals surface area contributed by atoms with Crippen molar-refractivity contribution in [3.63, 3.8) is 0 Å². The molecule has 0 radical (unpaired) electrons. The summed E-state index contributed by atoms with van der Waals surface area (Å²) in [6.45, 7) is 4.35. The molecule has 0 saturated heterocycles. The molecule has 0 fully saturated rings. The number of hydrogen-bond acceptors (Lipinski definition) is 3. The van der Waals surface area contributed by atoms with Gasteiger partial charge in [-0.15, -0.1) is 0 Å². The van der Waals surface area contributed by atoms with Crippen molar-refractivity contribution in [1.29, 1.82) is 0 Å². The van der Waals surface area contributed by atoms with E-state index >= 15 is 0 Å². The van der Waals surface area contributed by atoms with E-state index in [2.05, 4.69) is 10.6 Å². The highest BCUT2D eigenvalue weighted by Crippen LogP contribution is 2.24. The Kier molecular flexibility index (Phi) is 4.63. The van der Waals surface area contributed by atoms with E-state index in [1.54, 1.807) is 6.92 Å². The molecule has 5 heteroatoms. The zero-order chi connectivity index (χ0) is 15.5. The third kappa shape index (κ3) is 3.24. The number of carbonyl (C=O) groups excluding carboxylic acids is 1. The van der Waals surface area contributed by atoms with E-state index in [9.17, 15) is 14.7 Å². The second-order valence-corrected chi connectivity index (χ2v) is 5.77. The number of rotatable bonds is 5. The molecule has 1 aromatic rings. The minimum Gasteiger partial charge on any atom is -0.481 e. The molecule has 1 heterocycles. The summed E-state index contributed by atoms with van der Waals surface area (Å²) in [5, 5.41) is 15.2. The summed E-state index contributed by atoms with van der Waals surface area (Å²) in [5.41, 5.74) is 1.23. The molecule has 5 nitrogen and oxygen atoms in total. The Morgan fingerprint density at radius 3 is 2.81 bits per heavy atom. The normalized spacial score (nSPS) is 20.2. The largest absolute Gasteiger partial charge is 0.481 e. The first-order valence-corrected chi connectivity index (χ1v) is 7.30. The van der Waals surface area contributed by atoms with E-state index in [1.807, 2.05) is 31.2 Å². The predicted molar refractivity (Wildman–Crippen MR) is 79.9 cm³/mol. The van der Waals surface area contributed by atoms with Gasteiger partial charge in [-0.2, -0.15) is 0 Å². The molecule has 3 N–H and O–H groups in total. The molecule has 0 bridgehead atoms. The molecule has 1 aromatic carbocycles. The van der Waals surface area contributed by atoms with Crippen LogP contribution < -0.4 is 10.6 Å². The molecule has 0 saturated carbocycles. The van der Waals surface area contributed by atoms with Gasteiger partial charge in [-0.3, -0.25) is 9.59 Å². The molecular formula is C16H22N2O3. The fraction of sp³-hybridized carbons (Fsp3) is 0.500. The van der Waals surface area contributed by atoms with Gasteiger partial charge in [0.15, 0.2) is 0 Å². The van der Waals surface area contributed by atoms with Gasteiger partial charge in [-0.1, -0.05) is 31.2 Å². The minimum absolute atomic E-state index is 0.137. The van der Waals surface area contributed by atoms with Crippen molar-refractivity contribution in [1.82, 2.24) is 10.6 Å². The van der Waals surface area contributed by atoms with Crippen molar-refractivity contribution in [2.45, 2.75) is 32.7 Å². The minimum atomic E-state index is -0.927. The highest BCUT2D eigenvalue weighted by molar-refractivity contribution is 5.85. The molecule has 1 amide bonds. The van der Waals surface area contributed by atoms with Crippen molar-refractivity contribution in [3.8, 4) is 0 Å². The zero-order valence-corrected chi connectivity index (χ0v) is 12.5. The van der Waals surface area contributed by atoms with Crippen molar-refractivity contribution < 1.29 is 14.7 Å².